The zero-order valence-electron chi connectivity index (χ0n) is 9.29. The van der Waals surface area contributed by atoms with Crippen LogP contribution < -0.4 is 0 Å². The molecule has 86 valence electrons. The Balaban J connectivity index is 2.16. The second-order valence-corrected chi connectivity index (χ2v) is 5.09. The van der Waals surface area contributed by atoms with Gasteiger partial charge in [-0.1, -0.05) is 48.6 Å². The number of hydrogen-bond acceptors (Lipinski definition) is 1. The van der Waals surface area contributed by atoms with Crippen LogP contribution in [0, 0.1) is 11.8 Å². The van der Waals surface area contributed by atoms with Gasteiger partial charge in [-0.25, -0.2) is 0 Å². The molecule has 0 amide bonds. The summed E-state index contributed by atoms with van der Waals surface area (Å²) in [6.07, 6.45) is 9.31. The van der Waals surface area contributed by atoms with Crippen molar-refractivity contribution in [1.29, 1.82) is 0 Å². The summed E-state index contributed by atoms with van der Waals surface area (Å²) >= 11 is 6.54. The fourth-order valence-electron chi connectivity index (χ4n) is 2.94. The van der Waals surface area contributed by atoms with Crippen molar-refractivity contribution in [2.75, 3.05) is 0 Å². The summed E-state index contributed by atoms with van der Waals surface area (Å²) in [4.78, 5) is 11.4. The minimum absolute atomic E-state index is 0.0337. The molecule has 2 aliphatic carbocycles. The molecule has 0 aromatic heterocycles. The fraction of sp³-hybridized carbons (Fsp3) is 0.267. The molecule has 1 nitrogen and oxygen atoms in total. The summed E-state index contributed by atoms with van der Waals surface area (Å²) < 4.78 is 0. The smallest absolute Gasteiger partial charge is 0.128 e. The second-order valence-electron chi connectivity index (χ2n) is 4.62. The van der Waals surface area contributed by atoms with Gasteiger partial charge in [0.1, 0.15) is 6.29 Å². The van der Waals surface area contributed by atoms with Crippen LogP contribution in [-0.2, 0) is 4.79 Å². The summed E-state index contributed by atoms with van der Waals surface area (Å²) in [7, 11) is 0. The maximum Gasteiger partial charge on any atom is 0.128 e. The number of hydrogen-bond donors (Lipinski definition) is 0. The van der Waals surface area contributed by atoms with Crippen LogP contribution in [0.1, 0.15) is 22.4 Å². The Hall–Kier alpha value is -1.34. The predicted octanol–water partition coefficient (Wildman–Crippen LogP) is 3.62. The zero-order chi connectivity index (χ0) is 11.8. The highest BCUT2D eigenvalue weighted by molar-refractivity contribution is 6.21. The molecule has 0 aliphatic heterocycles. The Bertz CT molecular complexity index is 503. The van der Waals surface area contributed by atoms with E-state index in [1.54, 1.807) is 0 Å². The molecule has 0 bridgehead atoms. The zero-order valence-corrected chi connectivity index (χ0v) is 10.0. The second kappa shape index (κ2) is 4.15. The molecule has 1 aromatic rings. The molecule has 4 atom stereocenters. The first-order chi connectivity index (χ1) is 8.33. The van der Waals surface area contributed by atoms with Crippen LogP contribution >= 0.6 is 11.6 Å². The van der Waals surface area contributed by atoms with E-state index in [0.717, 1.165) is 17.4 Å². The SMILES string of the molecule is O=C[C@@H]1c2ccccc2[C@@H](Cl)[C@H]2C=CC=C[C@H]21. The number of benzene rings is 1. The van der Waals surface area contributed by atoms with Gasteiger partial charge in [0.05, 0.1) is 5.38 Å². The van der Waals surface area contributed by atoms with E-state index < -0.39 is 0 Å². The number of allylic oxidation sites excluding steroid dienone is 4. The molecule has 0 unspecified atom stereocenters. The third-order valence-corrected chi connectivity index (χ3v) is 4.30. The number of rotatable bonds is 1. The number of fused-ring (bicyclic) bond motifs is 2. The number of carbonyl (C=O) groups excluding carboxylic acids is 1. The van der Waals surface area contributed by atoms with Crippen LogP contribution in [0.25, 0.3) is 0 Å². The number of aldehydes is 1. The van der Waals surface area contributed by atoms with Gasteiger partial charge in [0, 0.05) is 11.8 Å². The molecule has 1 aromatic carbocycles. The molecule has 17 heavy (non-hydrogen) atoms. The molecule has 0 fully saturated rings. The highest BCUT2D eigenvalue weighted by Gasteiger charge is 2.39. The minimum Gasteiger partial charge on any atom is -0.303 e. The molecule has 0 spiro atoms. The highest BCUT2D eigenvalue weighted by atomic mass is 35.5. The van der Waals surface area contributed by atoms with Crippen molar-refractivity contribution < 1.29 is 4.79 Å². The predicted molar refractivity (Wildman–Crippen MR) is 69.1 cm³/mol. The van der Waals surface area contributed by atoms with E-state index in [-0.39, 0.29) is 23.1 Å². The van der Waals surface area contributed by atoms with E-state index in [0.29, 0.717) is 0 Å². The first-order valence-corrected chi connectivity index (χ1v) is 6.30. The Morgan fingerprint density at radius 1 is 1.00 bits per heavy atom. The lowest BCUT2D eigenvalue weighted by molar-refractivity contribution is -0.110. The third-order valence-electron chi connectivity index (χ3n) is 3.77. The van der Waals surface area contributed by atoms with Gasteiger partial charge in [-0.05, 0) is 17.0 Å². The van der Waals surface area contributed by atoms with Gasteiger partial charge < -0.3 is 4.79 Å². The Labute approximate surface area is 106 Å². The van der Waals surface area contributed by atoms with E-state index >= 15 is 0 Å². The van der Waals surface area contributed by atoms with Crippen LogP contribution in [0.15, 0.2) is 48.6 Å². The molecular formula is C15H13ClO. The number of halogens is 1. The molecule has 0 heterocycles. The van der Waals surface area contributed by atoms with Gasteiger partial charge in [-0.3, -0.25) is 0 Å². The van der Waals surface area contributed by atoms with Gasteiger partial charge in [-0.15, -0.1) is 11.6 Å². The largest absolute Gasteiger partial charge is 0.303 e. The summed E-state index contributed by atoms with van der Waals surface area (Å²) in [6.45, 7) is 0. The van der Waals surface area contributed by atoms with Crippen molar-refractivity contribution in [3.8, 4) is 0 Å². The molecule has 0 saturated carbocycles. The van der Waals surface area contributed by atoms with Crippen molar-refractivity contribution in [2.24, 2.45) is 11.8 Å². The van der Waals surface area contributed by atoms with Crippen molar-refractivity contribution in [2.45, 2.75) is 11.3 Å². The number of alkyl halides is 1. The van der Waals surface area contributed by atoms with E-state index in [9.17, 15) is 4.79 Å². The Morgan fingerprint density at radius 2 is 1.65 bits per heavy atom. The number of carbonyl (C=O) groups is 1. The van der Waals surface area contributed by atoms with Crippen LogP contribution in [0.3, 0.4) is 0 Å². The topological polar surface area (TPSA) is 17.1 Å². The quantitative estimate of drug-likeness (QED) is 0.545. The maximum atomic E-state index is 11.4. The summed E-state index contributed by atoms with van der Waals surface area (Å²) in [5.74, 6) is 0.370. The summed E-state index contributed by atoms with van der Waals surface area (Å²) in [6, 6.07) is 8.01. The Kier molecular flexibility index (Phi) is 2.64. The first kappa shape index (κ1) is 10.8. The lowest BCUT2D eigenvalue weighted by atomic mass is 9.68. The summed E-state index contributed by atoms with van der Waals surface area (Å²) in [5.41, 5.74) is 2.19. The van der Waals surface area contributed by atoms with Crippen molar-refractivity contribution in [1.82, 2.24) is 0 Å². The van der Waals surface area contributed by atoms with Crippen molar-refractivity contribution in [3.63, 3.8) is 0 Å². The molecule has 2 aliphatic rings. The van der Waals surface area contributed by atoms with Crippen molar-refractivity contribution >= 4 is 17.9 Å². The fourth-order valence-corrected chi connectivity index (χ4v) is 3.39. The Morgan fingerprint density at radius 3 is 2.35 bits per heavy atom. The lowest BCUT2D eigenvalue weighted by Crippen LogP contribution is -2.30. The normalized spacial score (nSPS) is 33.9. The van der Waals surface area contributed by atoms with Crippen molar-refractivity contribution in [3.05, 3.63) is 59.7 Å². The molecular weight excluding hydrogens is 232 g/mol. The van der Waals surface area contributed by atoms with Crippen LogP contribution in [0.5, 0.6) is 0 Å². The molecule has 2 heteroatoms. The standard InChI is InChI=1S/C15H13ClO/c16-15-12-7-3-1-5-10(12)14(9-17)11-6-2-4-8-13(11)15/h1-10,12,14-15H/t10-,12+,14+,15+/m1/s1. The molecule has 0 N–H and O–H groups in total. The van der Waals surface area contributed by atoms with E-state index in [1.165, 1.54) is 0 Å². The average Bonchev–Trinajstić information content (AvgIpc) is 2.40. The van der Waals surface area contributed by atoms with Gasteiger partial charge in [0.25, 0.3) is 0 Å². The van der Waals surface area contributed by atoms with Gasteiger partial charge in [-0.2, -0.15) is 0 Å². The average molecular weight is 245 g/mol. The van der Waals surface area contributed by atoms with Crippen LogP contribution in [-0.4, -0.2) is 6.29 Å². The van der Waals surface area contributed by atoms with Gasteiger partial charge >= 0.3 is 0 Å². The summed E-state index contributed by atoms with van der Waals surface area (Å²) in [5, 5.41) is -0.0337. The molecule has 0 saturated heterocycles. The maximum absolute atomic E-state index is 11.4. The third kappa shape index (κ3) is 1.57. The van der Waals surface area contributed by atoms with Crippen LogP contribution in [0.2, 0.25) is 0 Å². The van der Waals surface area contributed by atoms with E-state index in [4.69, 9.17) is 11.6 Å². The van der Waals surface area contributed by atoms with Gasteiger partial charge in [0.2, 0.25) is 0 Å². The first-order valence-electron chi connectivity index (χ1n) is 5.86. The van der Waals surface area contributed by atoms with Crippen LogP contribution in [0.4, 0.5) is 0 Å². The lowest BCUT2D eigenvalue weighted by Gasteiger charge is -2.38. The van der Waals surface area contributed by atoms with E-state index in [1.807, 2.05) is 36.4 Å². The monoisotopic (exact) mass is 244 g/mol. The minimum atomic E-state index is -0.0626. The molecule has 0 radical (unpaired) electrons. The highest BCUT2D eigenvalue weighted by Crippen LogP contribution is 2.49. The van der Waals surface area contributed by atoms with E-state index in [2.05, 4.69) is 12.2 Å². The molecule has 3 rings (SSSR count). The van der Waals surface area contributed by atoms with Gasteiger partial charge in [0.15, 0.2) is 0 Å².